The van der Waals surface area contributed by atoms with Crippen LogP contribution in [0.3, 0.4) is 0 Å². The highest BCUT2D eigenvalue weighted by Gasteiger charge is 2.19. The summed E-state index contributed by atoms with van der Waals surface area (Å²) in [7, 11) is 0. The summed E-state index contributed by atoms with van der Waals surface area (Å²) in [5.74, 6) is -0.266. The third kappa shape index (κ3) is 4.91. The van der Waals surface area contributed by atoms with Crippen LogP contribution < -0.4 is 15.5 Å². The van der Waals surface area contributed by atoms with Crippen LogP contribution in [0.15, 0.2) is 42.5 Å². The predicted molar refractivity (Wildman–Crippen MR) is 107 cm³/mol. The van der Waals surface area contributed by atoms with Gasteiger partial charge in [0.15, 0.2) is 0 Å². The van der Waals surface area contributed by atoms with Crippen LogP contribution in [0.25, 0.3) is 0 Å². The number of nitrogens with one attached hydrogen (secondary N) is 2. The van der Waals surface area contributed by atoms with E-state index >= 15 is 0 Å². The third-order valence-electron chi connectivity index (χ3n) is 4.52. The number of nitrogens with zero attached hydrogens (tertiary/aromatic N) is 2. The summed E-state index contributed by atoms with van der Waals surface area (Å²) in [5.41, 5.74) is 2.63. The van der Waals surface area contributed by atoms with Crippen molar-refractivity contribution in [2.75, 3.05) is 35.2 Å². The van der Waals surface area contributed by atoms with Crippen molar-refractivity contribution >= 4 is 34.6 Å². The van der Waals surface area contributed by atoms with Crippen LogP contribution in [0, 0.1) is 11.3 Å². The van der Waals surface area contributed by atoms with Crippen LogP contribution >= 0.6 is 11.6 Å². The molecule has 0 aromatic heterocycles. The molecule has 1 saturated heterocycles. The van der Waals surface area contributed by atoms with Crippen LogP contribution in [0.1, 0.15) is 18.4 Å². The molecule has 0 saturated carbocycles. The molecule has 2 aromatic rings. The number of benzene rings is 2. The number of rotatable bonds is 5. The molecule has 6 nitrogen and oxygen atoms in total. The topological polar surface area (TPSA) is 88.4 Å². The molecule has 1 heterocycles. The maximum Gasteiger partial charge on any atom is 0.243 e. The summed E-state index contributed by atoms with van der Waals surface area (Å²) in [6.07, 6.45) is 1.24. The SMILES string of the molecule is N#Cc1ccc(Cl)cc1NC(=O)CNc1ccccc1N1CCC(O)CC1. The molecule has 0 atom stereocenters. The van der Waals surface area contributed by atoms with Gasteiger partial charge in [-0.25, -0.2) is 0 Å². The highest BCUT2D eigenvalue weighted by atomic mass is 35.5. The quantitative estimate of drug-likeness (QED) is 0.736. The number of carbonyl (C=O) groups is 1. The van der Waals surface area contributed by atoms with Gasteiger partial charge in [0.05, 0.1) is 35.3 Å². The molecule has 0 spiro atoms. The van der Waals surface area contributed by atoms with Gasteiger partial charge in [-0.05, 0) is 43.2 Å². The molecule has 27 heavy (non-hydrogen) atoms. The lowest BCUT2D eigenvalue weighted by atomic mass is 10.1. The Morgan fingerprint density at radius 1 is 1.22 bits per heavy atom. The van der Waals surface area contributed by atoms with Crippen molar-refractivity contribution in [2.45, 2.75) is 18.9 Å². The van der Waals surface area contributed by atoms with Gasteiger partial charge in [-0.3, -0.25) is 4.79 Å². The highest BCUT2D eigenvalue weighted by molar-refractivity contribution is 6.31. The number of piperidine rings is 1. The van der Waals surface area contributed by atoms with E-state index in [1.807, 2.05) is 30.3 Å². The van der Waals surface area contributed by atoms with Crippen LogP contribution in [0.4, 0.5) is 17.1 Å². The predicted octanol–water partition coefficient (Wildman–Crippen LogP) is 3.22. The van der Waals surface area contributed by atoms with Crippen molar-refractivity contribution < 1.29 is 9.90 Å². The Labute approximate surface area is 163 Å². The maximum absolute atomic E-state index is 12.3. The fourth-order valence-electron chi connectivity index (χ4n) is 3.09. The lowest BCUT2D eigenvalue weighted by molar-refractivity contribution is -0.114. The molecule has 2 aromatic carbocycles. The van der Waals surface area contributed by atoms with Gasteiger partial charge >= 0.3 is 0 Å². The second kappa shape index (κ2) is 8.76. The van der Waals surface area contributed by atoms with Gasteiger partial charge in [0.2, 0.25) is 5.91 Å². The van der Waals surface area contributed by atoms with E-state index in [1.165, 1.54) is 0 Å². The highest BCUT2D eigenvalue weighted by Crippen LogP contribution is 2.28. The molecular formula is C20H21ClN4O2. The third-order valence-corrected chi connectivity index (χ3v) is 4.76. The summed E-state index contributed by atoms with van der Waals surface area (Å²) < 4.78 is 0. The molecule has 1 amide bonds. The number of carbonyl (C=O) groups excluding carboxylic acids is 1. The van der Waals surface area contributed by atoms with Crippen LogP contribution in [-0.2, 0) is 4.79 Å². The number of anilines is 3. The molecular weight excluding hydrogens is 364 g/mol. The molecule has 140 valence electrons. The Morgan fingerprint density at radius 2 is 1.96 bits per heavy atom. The lowest BCUT2D eigenvalue weighted by Crippen LogP contribution is -2.36. The first-order valence-corrected chi connectivity index (χ1v) is 9.20. The standard InChI is InChI=1S/C20H21ClN4O2/c21-15-6-5-14(12-22)18(11-15)24-20(27)13-23-17-3-1-2-4-19(17)25-9-7-16(26)8-10-25/h1-6,11,16,23,26H,7-10,13H2,(H,24,27). The van der Waals surface area contributed by atoms with Crippen molar-refractivity contribution in [2.24, 2.45) is 0 Å². The second-order valence-electron chi connectivity index (χ2n) is 6.44. The summed E-state index contributed by atoms with van der Waals surface area (Å²) in [6, 6.07) is 14.6. The zero-order chi connectivity index (χ0) is 19.2. The van der Waals surface area contributed by atoms with E-state index in [4.69, 9.17) is 16.9 Å². The molecule has 0 unspecified atom stereocenters. The summed E-state index contributed by atoms with van der Waals surface area (Å²) in [6.45, 7) is 1.62. The van der Waals surface area contributed by atoms with Gasteiger partial charge in [-0.15, -0.1) is 0 Å². The normalized spacial score (nSPS) is 14.5. The molecule has 0 radical (unpaired) electrons. The van der Waals surface area contributed by atoms with E-state index in [9.17, 15) is 9.90 Å². The van der Waals surface area contributed by atoms with Gasteiger partial charge < -0.3 is 20.6 Å². The summed E-state index contributed by atoms with van der Waals surface area (Å²) >= 11 is 5.95. The number of para-hydroxylation sites is 2. The minimum Gasteiger partial charge on any atom is -0.393 e. The summed E-state index contributed by atoms with van der Waals surface area (Å²) in [4.78, 5) is 14.5. The average molecular weight is 385 g/mol. The van der Waals surface area contributed by atoms with Gasteiger partial charge in [0, 0.05) is 18.1 Å². The average Bonchev–Trinajstić information content (AvgIpc) is 2.67. The molecule has 1 fully saturated rings. The first kappa shape index (κ1) is 19.0. The van der Waals surface area contributed by atoms with Gasteiger partial charge in [-0.2, -0.15) is 5.26 Å². The van der Waals surface area contributed by atoms with E-state index in [0.29, 0.717) is 16.3 Å². The van der Waals surface area contributed by atoms with Crippen molar-refractivity contribution in [3.05, 3.63) is 53.1 Å². The Bertz CT molecular complexity index is 857. The Hall–Kier alpha value is -2.75. The number of hydrogen-bond acceptors (Lipinski definition) is 5. The molecule has 0 bridgehead atoms. The van der Waals surface area contributed by atoms with E-state index in [-0.39, 0.29) is 18.6 Å². The fourth-order valence-corrected chi connectivity index (χ4v) is 3.27. The monoisotopic (exact) mass is 384 g/mol. The van der Waals surface area contributed by atoms with Crippen molar-refractivity contribution in [3.8, 4) is 6.07 Å². The molecule has 3 rings (SSSR count). The van der Waals surface area contributed by atoms with Gasteiger partial charge in [-0.1, -0.05) is 23.7 Å². The number of hydrogen-bond donors (Lipinski definition) is 3. The second-order valence-corrected chi connectivity index (χ2v) is 6.88. The fraction of sp³-hybridized carbons (Fsp3) is 0.300. The van der Waals surface area contributed by atoms with Crippen LogP contribution in [0.2, 0.25) is 5.02 Å². The van der Waals surface area contributed by atoms with E-state index in [0.717, 1.165) is 37.3 Å². The molecule has 0 aliphatic carbocycles. The van der Waals surface area contributed by atoms with Crippen LogP contribution in [-0.4, -0.2) is 36.8 Å². The van der Waals surface area contributed by atoms with Crippen molar-refractivity contribution in [3.63, 3.8) is 0 Å². The number of halogens is 1. The zero-order valence-corrected chi connectivity index (χ0v) is 15.5. The first-order valence-electron chi connectivity index (χ1n) is 8.82. The lowest BCUT2D eigenvalue weighted by Gasteiger charge is -2.32. The van der Waals surface area contributed by atoms with E-state index in [2.05, 4.69) is 15.5 Å². The van der Waals surface area contributed by atoms with E-state index in [1.54, 1.807) is 18.2 Å². The molecule has 3 N–H and O–H groups in total. The van der Waals surface area contributed by atoms with Gasteiger partial charge in [0.1, 0.15) is 6.07 Å². The number of amides is 1. The van der Waals surface area contributed by atoms with E-state index < -0.39 is 0 Å². The molecule has 7 heteroatoms. The Morgan fingerprint density at radius 3 is 2.70 bits per heavy atom. The first-order chi connectivity index (χ1) is 13.1. The number of nitriles is 1. The minimum atomic E-state index is -0.266. The number of aliphatic hydroxyl groups is 1. The zero-order valence-electron chi connectivity index (χ0n) is 14.8. The summed E-state index contributed by atoms with van der Waals surface area (Å²) in [5, 5.41) is 25.2. The van der Waals surface area contributed by atoms with Crippen molar-refractivity contribution in [1.82, 2.24) is 0 Å². The Kier molecular flexibility index (Phi) is 6.17. The molecule has 1 aliphatic heterocycles. The van der Waals surface area contributed by atoms with Gasteiger partial charge in [0.25, 0.3) is 0 Å². The largest absolute Gasteiger partial charge is 0.393 e. The minimum absolute atomic E-state index is 0.0604. The molecule has 1 aliphatic rings. The van der Waals surface area contributed by atoms with Crippen molar-refractivity contribution in [1.29, 1.82) is 5.26 Å². The Balaban J connectivity index is 1.65. The number of aliphatic hydroxyl groups excluding tert-OH is 1. The van der Waals surface area contributed by atoms with Crippen LogP contribution in [0.5, 0.6) is 0 Å². The maximum atomic E-state index is 12.3. The smallest absolute Gasteiger partial charge is 0.243 e.